The summed E-state index contributed by atoms with van der Waals surface area (Å²) in [6, 6.07) is 4.02. The Morgan fingerprint density at radius 3 is 2.93 bits per heavy atom. The summed E-state index contributed by atoms with van der Waals surface area (Å²) in [5.74, 6) is 2.20. The van der Waals surface area contributed by atoms with E-state index in [0.29, 0.717) is 6.54 Å². The van der Waals surface area contributed by atoms with Gasteiger partial charge < -0.3 is 9.88 Å². The summed E-state index contributed by atoms with van der Waals surface area (Å²) in [6.45, 7) is 2.75. The Morgan fingerprint density at radius 2 is 2.15 bits per heavy atom. The third kappa shape index (κ3) is 4.31. The molecular formula is C20H23N3OS3. The molecule has 0 atom stereocenters. The van der Waals surface area contributed by atoms with Crippen molar-refractivity contribution in [1.29, 1.82) is 0 Å². The van der Waals surface area contributed by atoms with Crippen molar-refractivity contribution in [3.8, 4) is 5.00 Å². The standard InChI is InChI=1S/C20H23N3OS3/c1-14-12-26-17(22-14)6-2-3-8-21-19(24)18-15-7-11-25-13-16(15)27-20(18)23-9-4-5-10-23/h4-5,9-10,12H,2-3,6-8,11,13H2,1H3,(H,21,24). The van der Waals surface area contributed by atoms with Gasteiger partial charge in [0.05, 0.1) is 10.6 Å². The van der Waals surface area contributed by atoms with Gasteiger partial charge in [0.25, 0.3) is 5.91 Å². The first kappa shape index (κ1) is 18.8. The average molecular weight is 418 g/mol. The topological polar surface area (TPSA) is 46.9 Å². The van der Waals surface area contributed by atoms with Crippen molar-refractivity contribution in [1.82, 2.24) is 14.9 Å². The highest BCUT2D eigenvalue weighted by molar-refractivity contribution is 7.98. The van der Waals surface area contributed by atoms with Crippen molar-refractivity contribution in [2.24, 2.45) is 0 Å². The zero-order valence-corrected chi connectivity index (χ0v) is 17.8. The molecule has 0 fully saturated rings. The fourth-order valence-corrected chi connectivity index (χ4v) is 6.57. The lowest BCUT2D eigenvalue weighted by Gasteiger charge is -2.13. The fourth-order valence-electron chi connectivity index (χ4n) is 3.31. The molecule has 1 amide bonds. The first-order chi connectivity index (χ1) is 13.2. The van der Waals surface area contributed by atoms with Gasteiger partial charge >= 0.3 is 0 Å². The summed E-state index contributed by atoms with van der Waals surface area (Å²) in [5, 5.41) is 7.51. The van der Waals surface area contributed by atoms with Crippen molar-refractivity contribution in [3.05, 3.63) is 56.6 Å². The summed E-state index contributed by atoms with van der Waals surface area (Å²) < 4.78 is 2.08. The number of aromatic nitrogens is 2. The molecule has 0 bridgehead atoms. The van der Waals surface area contributed by atoms with E-state index >= 15 is 0 Å². The molecule has 7 heteroatoms. The quantitative estimate of drug-likeness (QED) is 0.559. The molecule has 0 unspecified atom stereocenters. The second kappa shape index (κ2) is 8.63. The number of thiophene rings is 1. The highest BCUT2D eigenvalue weighted by Gasteiger charge is 2.26. The minimum absolute atomic E-state index is 0.0770. The number of carbonyl (C=O) groups excluding carboxylic acids is 1. The predicted molar refractivity (Wildman–Crippen MR) is 116 cm³/mol. The molecular weight excluding hydrogens is 394 g/mol. The lowest BCUT2D eigenvalue weighted by atomic mass is 10.1. The Labute approximate surface area is 172 Å². The molecule has 1 aliphatic rings. The number of hydrogen-bond acceptors (Lipinski definition) is 5. The molecule has 0 aliphatic carbocycles. The van der Waals surface area contributed by atoms with Crippen LogP contribution in [0.4, 0.5) is 0 Å². The second-order valence-electron chi connectivity index (χ2n) is 6.67. The van der Waals surface area contributed by atoms with E-state index in [0.717, 1.165) is 53.4 Å². The van der Waals surface area contributed by atoms with E-state index < -0.39 is 0 Å². The number of nitrogens with zero attached hydrogens (tertiary/aromatic N) is 2. The Kier molecular flexibility index (Phi) is 6.00. The molecule has 27 heavy (non-hydrogen) atoms. The van der Waals surface area contributed by atoms with Crippen molar-refractivity contribution < 1.29 is 4.79 Å². The third-order valence-corrected chi connectivity index (χ3v) is 8.08. The first-order valence-corrected chi connectivity index (χ1v) is 12.1. The number of thiazole rings is 1. The van der Waals surface area contributed by atoms with E-state index in [2.05, 4.69) is 20.2 Å². The maximum Gasteiger partial charge on any atom is 0.254 e. The molecule has 0 saturated heterocycles. The molecule has 1 N–H and O–H groups in total. The van der Waals surface area contributed by atoms with E-state index in [1.807, 2.05) is 43.2 Å². The van der Waals surface area contributed by atoms with Gasteiger partial charge in [-0.1, -0.05) is 0 Å². The monoisotopic (exact) mass is 417 g/mol. The lowest BCUT2D eigenvalue weighted by molar-refractivity contribution is 0.0952. The molecule has 4 heterocycles. The summed E-state index contributed by atoms with van der Waals surface area (Å²) in [5.41, 5.74) is 3.25. The molecule has 1 aliphatic heterocycles. The van der Waals surface area contributed by atoms with Crippen molar-refractivity contribution in [2.75, 3.05) is 12.3 Å². The van der Waals surface area contributed by atoms with Gasteiger partial charge in [0.2, 0.25) is 0 Å². The zero-order valence-electron chi connectivity index (χ0n) is 15.4. The second-order valence-corrected chi connectivity index (χ2v) is 9.80. The highest BCUT2D eigenvalue weighted by atomic mass is 32.2. The smallest absolute Gasteiger partial charge is 0.254 e. The molecule has 0 aromatic carbocycles. The Bertz CT molecular complexity index is 911. The van der Waals surface area contributed by atoms with Gasteiger partial charge in [0, 0.05) is 40.6 Å². The van der Waals surface area contributed by atoms with Gasteiger partial charge in [-0.2, -0.15) is 11.8 Å². The number of hydrogen-bond donors (Lipinski definition) is 1. The number of nitrogens with one attached hydrogen (secondary N) is 1. The molecule has 3 aromatic heterocycles. The SMILES string of the molecule is Cc1csc(CCCCNC(=O)c2c(-n3cccc3)sc3c2CCSC3)n1. The van der Waals surface area contributed by atoms with Gasteiger partial charge in [-0.05, 0) is 56.1 Å². The van der Waals surface area contributed by atoms with Gasteiger partial charge in [0.1, 0.15) is 5.00 Å². The van der Waals surface area contributed by atoms with Gasteiger partial charge in [-0.25, -0.2) is 4.98 Å². The Morgan fingerprint density at radius 1 is 1.30 bits per heavy atom. The number of amides is 1. The van der Waals surface area contributed by atoms with Crippen molar-refractivity contribution in [3.63, 3.8) is 0 Å². The van der Waals surface area contributed by atoms with Crippen LogP contribution in [0.25, 0.3) is 5.00 Å². The minimum Gasteiger partial charge on any atom is -0.352 e. The number of unbranched alkanes of at least 4 members (excludes halogenated alkanes) is 1. The number of rotatable bonds is 7. The van der Waals surface area contributed by atoms with Gasteiger partial charge in [0.15, 0.2) is 0 Å². The Hall–Kier alpha value is -1.57. The van der Waals surface area contributed by atoms with E-state index in [4.69, 9.17) is 0 Å². The van der Waals surface area contributed by atoms with Gasteiger partial charge in [-0.3, -0.25) is 4.79 Å². The summed E-state index contributed by atoms with van der Waals surface area (Å²) in [7, 11) is 0. The van der Waals surface area contributed by atoms with Crippen LogP contribution in [0.15, 0.2) is 29.9 Å². The van der Waals surface area contributed by atoms with Crippen LogP contribution in [-0.4, -0.2) is 27.8 Å². The largest absolute Gasteiger partial charge is 0.352 e. The van der Waals surface area contributed by atoms with Crippen LogP contribution in [0.3, 0.4) is 0 Å². The summed E-state index contributed by atoms with van der Waals surface area (Å²) in [6.07, 6.45) is 8.06. The van der Waals surface area contributed by atoms with Crippen LogP contribution >= 0.6 is 34.4 Å². The molecule has 4 nitrogen and oxygen atoms in total. The van der Waals surface area contributed by atoms with E-state index in [-0.39, 0.29) is 5.91 Å². The molecule has 0 spiro atoms. The molecule has 0 radical (unpaired) electrons. The average Bonchev–Trinajstić information content (AvgIpc) is 3.40. The minimum atomic E-state index is 0.0770. The van der Waals surface area contributed by atoms with Crippen molar-refractivity contribution >= 4 is 40.3 Å². The van der Waals surface area contributed by atoms with Crippen LogP contribution in [0.2, 0.25) is 0 Å². The molecule has 142 valence electrons. The molecule has 3 aromatic rings. The van der Waals surface area contributed by atoms with Crippen molar-refractivity contribution in [2.45, 2.75) is 38.4 Å². The first-order valence-electron chi connectivity index (χ1n) is 9.27. The number of fused-ring (bicyclic) bond motifs is 1. The summed E-state index contributed by atoms with van der Waals surface area (Å²) >= 11 is 5.45. The zero-order chi connectivity index (χ0) is 18.6. The predicted octanol–water partition coefficient (Wildman–Crippen LogP) is 4.85. The number of thioether (sulfide) groups is 1. The van der Waals surface area contributed by atoms with Crippen LogP contribution in [-0.2, 0) is 18.6 Å². The number of aryl methyl sites for hydroxylation is 2. The number of carbonyl (C=O) groups is 1. The molecule has 0 saturated carbocycles. The fraction of sp³-hybridized carbons (Fsp3) is 0.400. The summed E-state index contributed by atoms with van der Waals surface area (Å²) in [4.78, 5) is 18.9. The third-order valence-electron chi connectivity index (χ3n) is 4.64. The van der Waals surface area contributed by atoms with E-state index in [1.54, 1.807) is 22.7 Å². The Balaban J connectivity index is 1.40. The van der Waals surface area contributed by atoms with Crippen LogP contribution < -0.4 is 5.32 Å². The normalized spacial score (nSPS) is 13.5. The van der Waals surface area contributed by atoms with Gasteiger partial charge in [-0.15, -0.1) is 22.7 Å². The maximum absolute atomic E-state index is 13.0. The molecule has 4 rings (SSSR count). The van der Waals surface area contributed by atoms with Crippen LogP contribution in [0.5, 0.6) is 0 Å². The van der Waals surface area contributed by atoms with Crippen LogP contribution in [0, 0.1) is 6.92 Å². The van der Waals surface area contributed by atoms with E-state index in [1.165, 1.54) is 15.4 Å². The lowest BCUT2D eigenvalue weighted by Crippen LogP contribution is -2.26. The maximum atomic E-state index is 13.0. The van der Waals surface area contributed by atoms with E-state index in [9.17, 15) is 4.79 Å². The van der Waals surface area contributed by atoms with Crippen LogP contribution in [0.1, 0.15) is 44.3 Å². The highest BCUT2D eigenvalue weighted by Crippen LogP contribution is 2.38.